The van der Waals surface area contributed by atoms with Crippen LogP contribution in [0.15, 0.2) is 5.38 Å². The van der Waals surface area contributed by atoms with Gasteiger partial charge in [0, 0.05) is 24.7 Å². The first-order chi connectivity index (χ1) is 7.69. The van der Waals surface area contributed by atoms with Crippen LogP contribution in [0.2, 0.25) is 0 Å². The maximum atomic E-state index is 11.4. The van der Waals surface area contributed by atoms with Gasteiger partial charge in [0.2, 0.25) is 0 Å². The van der Waals surface area contributed by atoms with Crippen LogP contribution < -0.4 is 4.90 Å². The van der Waals surface area contributed by atoms with Gasteiger partial charge in [-0.3, -0.25) is 0 Å². The van der Waals surface area contributed by atoms with Crippen molar-refractivity contribution >= 4 is 34.2 Å². The number of carbonyl (C=O) groups excluding carboxylic acids is 1. The molecule has 0 aliphatic carbocycles. The Kier molecular flexibility index (Phi) is 5.62. The molecule has 0 aromatic carbocycles. The van der Waals surface area contributed by atoms with E-state index in [4.69, 9.17) is 4.74 Å². The lowest BCUT2D eigenvalue weighted by Crippen LogP contribution is -2.20. The first-order valence-electron chi connectivity index (χ1n) is 5.01. The molecule has 0 N–H and O–H groups in total. The second kappa shape index (κ2) is 6.75. The molecule has 0 bridgehead atoms. The molecule has 0 amide bonds. The smallest absolute Gasteiger partial charge is 0.357 e. The first-order valence-corrected chi connectivity index (χ1v) is 7.29. The fraction of sp³-hybridized carbons (Fsp3) is 0.600. The van der Waals surface area contributed by atoms with Crippen LogP contribution in [0.4, 0.5) is 5.13 Å². The van der Waals surface area contributed by atoms with Gasteiger partial charge in [-0.05, 0) is 13.2 Å². The van der Waals surface area contributed by atoms with Crippen LogP contribution in [0.1, 0.15) is 17.4 Å². The fourth-order valence-electron chi connectivity index (χ4n) is 1.06. The molecule has 0 aliphatic heterocycles. The molecule has 6 heteroatoms. The molecular weight excluding hydrogens is 244 g/mol. The van der Waals surface area contributed by atoms with E-state index in [2.05, 4.69) is 11.2 Å². The second-order valence-corrected chi connectivity index (χ2v) is 4.97. The van der Waals surface area contributed by atoms with Crippen molar-refractivity contribution in [2.75, 3.05) is 37.1 Å². The Labute approximate surface area is 104 Å². The molecule has 0 unspecified atom stereocenters. The summed E-state index contributed by atoms with van der Waals surface area (Å²) in [6.07, 6.45) is 2.07. The number of hydrogen-bond donors (Lipinski definition) is 0. The normalized spacial score (nSPS) is 10.2. The predicted molar refractivity (Wildman–Crippen MR) is 69.7 cm³/mol. The van der Waals surface area contributed by atoms with Crippen molar-refractivity contribution in [1.29, 1.82) is 0 Å². The van der Waals surface area contributed by atoms with Crippen molar-refractivity contribution in [2.24, 2.45) is 0 Å². The summed E-state index contributed by atoms with van der Waals surface area (Å²) in [6, 6.07) is 0. The highest BCUT2D eigenvalue weighted by molar-refractivity contribution is 7.98. The molecule has 0 saturated heterocycles. The van der Waals surface area contributed by atoms with Gasteiger partial charge in [0.1, 0.15) is 0 Å². The maximum Gasteiger partial charge on any atom is 0.357 e. The molecule has 0 fully saturated rings. The highest BCUT2D eigenvalue weighted by Gasteiger charge is 2.13. The molecule has 16 heavy (non-hydrogen) atoms. The molecule has 0 saturated carbocycles. The Hall–Kier alpha value is -0.750. The number of ether oxygens (including phenoxy) is 1. The van der Waals surface area contributed by atoms with E-state index in [9.17, 15) is 4.79 Å². The van der Waals surface area contributed by atoms with Gasteiger partial charge in [-0.15, -0.1) is 11.3 Å². The predicted octanol–water partition coefficient (Wildman–Crippen LogP) is 2.12. The highest BCUT2D eigenvalue weighted by Crippen LogP contribution is 2.19. The minimum Gasteiger partial charge on any atom is -0.461 e. The molecule has 90 valence electrons. The third kappa shape index (κ3) is 3.68. The number of esters is 1. The topological polar surface area (TPSA) is 42.4 Å². The molecule has 0 atom stereocenters. The summed E-state index contributed by atoms with van der Waals surface area (Å²) in [5, 5.41) is 2.60. The second-order valence-electron chi connectivity index (χ2n) is 3.15. The number of aromatic nitrogens is 1. The molecule has 4 nitrogen and oxygen atoms in total. The van der Waals surface area contributed by atoms with Gasteiger partial charge in [-0.2, -0.15) is 11.8 Å². The van der Waals surface area contributed by atoms with Gasteiger partial charge in [-0.25, -0.2) is 9.78 Å². The van der Waals surface area contributed by atoms with Crippen molar-refractivity contribution in [2.45, 2.75) is 6.92 Å². The monoisotopic (exact) mass is 260 g/mol. The van der Waals surface area contributed by atoms with Crippen LogP contribution in [0.3, 0.4) is 0 Å². The lowest BCUT2D eigenvalue weighted by molar-refractivity contribution is 0.0520. The summed E-state index contributed by atoms with van der Waals surface area (Å²) in [7, 11) is 1.98. The summed E-state index contributed by atoms with van der Waals surface area (Å²) in [6.45, 7) is 3.10. The largest absolute Gasteiger partial charge is 0.461 e. The van der Waals surface area contributed by atoms with E-state index in [1.807, 2.05) is 11.9 Å². The third-order valence-corrected chi connectivity index (χ3v) is 3.48. The van der Waals surface area contributed by atoms with Crippen LogP contribution >= 0.6 is 23.1 Å². The van der Waals surface area contributed by atoms with E-state index in [0.29, 0.717) is 12.3 Å². The first kappa shape index (κ1) is 13.3. The Morgan fingerprint density at radius 2 is 2.44 bits per heavy atom. The van der Waals surface area contributed by atoms with Crippen molar-refractivity contribution in [3.63, 3.8) is 0 Å². The van der Waals surface area contributed by atoms with Crippen LogP contribution in [0, 0.1) is 0 Å². The molecular formula is C10H16N2O2S2. The van der Waals surface area contributed by atoms with E-state index >= 15 is 0 Å². The standard InChI is InChI=1S/C10H16N2O2S2/c1-4-14-9(13)8-7-16-10(11-8)12(2)5-6-15-3/h7H,4-6H2,1-3H3. The number of thioether (sulfide) groups is 1. The lowest BCUT2D eigenvalue weighted by atomic mass is 10.5. The zero-order chi connectivity index (χ0) is 12.0. The number of carbonyl (C=O) groups is 1. The molecule has 0 aliphatic rings. The quantitative estimate of drug-likeness (QED) is 0.733. The van der Waals surface area contributed by atoms with Crippen molar-refractivity contribution in [1.82, 2.24) is 4.98 Å². The summed E-state index contributed by atoms with van der Waals surface area (Å²) < 4.78 is 4.88. The summed E-state index contributed by atoms with van der Waals surface area (Å²) in [5.41, 5.74) is 0.401. The Morgan fingerprint density at radius 3 is 3.06 bits per heavy atom. The van der Waals surface area contributed by atoms with E-state index in [0.717, 1.165) is 17.4 Å². The van der Waals surface area contributed by atoms with Crippen LogP contribution in [0.25, 0.3) is 0 Å². The van der Waals surface area contributed by atoms with Crippen molar-refractivity contribution in [3.8, 4) is 0 Å². The van der Waals surface area contributed by atoms with Crippen molar-refractivity contribution < 1.29 is 9.53 Å². The van der Waals surface area contributed by atoms with Gasteiger partial charge in [0.05, 0.1) is 6.61 Å². The summed E-state index contributed by atoms with van der Waals surface area (Å²) in [5.74, 6) is 0.702. The Bertz CT molecular complexity index is 341. The van der Waals surface area contributed by atoms with Gasteiger partial charge in [0.15, 0.2) is 10.8 Å². The molecule has 1 aromatic heterocycles. The number of nitrogens with zero attached hydrogens (tertiary/aromatic N) is 2. The number of rotatable bonds is 6. The van der Waals surface area contributed by atoms with E-state index in [-0.39, 0.29) is 5.97 Å². The van der Waals surface area contributed by atoms with Crippen LogP contribution in [-0.4, -0.2) is 43.2 Å². The SMILES string of the molecule is CCOC(=O)c1csc(N(C)CCSC)n1. The lowest BCUT2D eigenvalue weighted by Gasteiger charge is -2.14. The molecule has 0 radical (unpaired) electrons. The average Bonchev–Trinajstić information content (AvgIpc) is 2.75. The highest BCUT2D eigenvalue weighted by atomic mass is 32.2. The van der Waals surface area contributed by atoms with Crippen LogP contribution in [-0.2, 0) is 4.74 Å². The molecule has 0 spiro atoms. The zero-order valence-electron chi connectivity index (χ0n) is 9.73. The molecule has 1 rings (SSSR count). The van der Waals surface area contributed by atoms with E-state index in [1.54, 1.807) is 24.1 Å². The maximum absolute atomic E-state index is 11.4. The Balaban J connectivity index is 2.59. The number of hydrogen-bond acceptors (Lipinski definition) is 6. The average molecular weight is 260 g/mol. The van der Waals surface area contributed by atoms with Gasteiger partial charge in [-0.1, -0.05) is 0 Å². The number of anilines is 1. The van der Waals surface area contributed by atoms with E-state index in [1.165, 1.54) is 11.3 Å². The number of thiazole rings is 1. The van der Waals surface area contributed by atoms with E-state index < -0.39 is 0 Å². The van der Waals surface area contributed by atoms with Gasteiger partial charge < -0.3 is 9.64 Å². The Morgan fingerprint density at radius 1 is 1.69 bits per heavy atom. The van der Waals surface area contributed by atoms with Gasteiger partial charge >= 0.3 is 5.97 Å². The fourth-order valence-corrected chi connectivity index (χ4v) is 2.31. The zero-order valence-corrected chi connectivity index (χ0v) is 11.4. The molecule has 1 heterocycles. The van der Waals surface area contributed by atoms with Crippen molar-refractivity contribution in [3.05, 3.63) is 11.1 Å². The minimum atomic E-state index is -0.344. The van der Waals surface area contributed by atoms with Gasteiger partial charge in [0.25, 0.3) is 0 Å². The summed E-state index contributed by atoms with van der Waals surface area (Å²) in [4.78, 5) is 17.7. The summed E-state index contributed by atoms with van der Waals surface area (Å²) >= 11 is 3.26. The minimum absolute atomic E-state index is 0.344. The third-order valence-electron chi connectivity index (χ3n) is 1.93. The molecule has 1 aromatic rings. The van der Waals surface area contributed by atoms with Crippen LogP contribution in [0.5, 0.6) is 0 Å².